The third-order valence-electron chi connectivity index (χ3n) is 3.05. The molecule has 1 saturated carbocycles. The summed E-state index contributed by atoms with van der Waals surface area (Å²) in [5, 5.41) is 11.2. The number of halogens is 2. The molecule has 0 spiro atoms. The van der Waals surface area contributed by atoms with Gasteiger partial charge in [0.1, 0.15) is 5.78 Å². The average Bonchev–Trinajstić information content (AvgIpc) is 2.63. The van der Waals surface area contributed by atoms with Crippen molar-refractivity contribution in [3.05, 3.63) is 5.82 Å². The number of hydrogen-bond donors (Lipinski definition) is 0. The molecule has 1 aromatic heterocycles. The van der Waals surface area contributed by atoms with Crippen LogP contribution >= 0.6 is 0 Å². The van der Waals surface area contributed by atoms with Crippen LogP contribution in [0.1, 0.15) is 31.5 Å². The second-order valence-corrected chi connectivity index (χ2v) is 4.47. The van der Waals surface area contributed by atoms with Crippen molar-refractivity contribution < 1.29 is 13.6 Å². The number of Topliss-reactive ketones (excluding diaryl/α,β-unsaturated/α-hetero) is 1. The molecule has 5 nitrogen and oxygen atoms in total. The van der Waals surface area contributed by atoms with Crippen molar-refractivity contribution >= 4 is 5.78 Å². The molecule has 0 aromatic carbocycles. The van der Waals surface area contributed by atoms with E-state index in [4.69, 9.17) is 0 Å². The highest BCUT2D eigenvalue weighted by atomic mass is 19.3. The summed E-state index contributed by atoms with van der Waals surface area (Å²) in [7, 11) is 1.61. The third-order valence-corrected chi connectivity index (χ3v) is 3.05. The van der Waals surface area contributed by atoms with Gasteiger partial charge in [0.2, 0.25) is 5.92 Å². The van der Waals surface area contributed by atoms with E-state index in [0.29, 0.717) is 5.82 Å². The molecule has 0 bridgehead atoms. The van der Waals surface area contributed by atoms with Crippen LogP contribution in [0.4, 0.5) is 8.78 Å². The molecule has 0 amide bonds. The first kappa shape index (κ1) is 12.1. The minimum atomic E-state index is -2.60. The summed E-state index contributed by atoms with van der Waals surface area (Å²) in [6.45, 7) is 0. The van der Waals surface area contributed by atoms with Gasteiger partial charge in [0.25, 0.3) is 0 Å². The Morgan fingerprint density at radius 1 is 1.47 bits per heavy atom. The van der Waals surface area contributed by atoms with E-state index in [-0.39, 0.29) is 43.8 Å². The van der Waals surface area contributed by atoms with Gasteiger partial charge in [-0.25, -0.2) is 8.78 Å². The van der Waals surface area contributed by atoms with Gasteiger partial charge >= 0.3 is 0 Å². The van der Waals surface area contributed by atoms with Gasteiger partial charge in [-0.1, -0.05) is 0 Å². The fourth-order valence-electron chi connectivity index (χ4n) is 2.06. The van der Waals surface area contributed by atoms with Crippen molar-refractivity contribution in [2.45, 2.75) is 38.0 Å². The Balaban J connectivity index is 1.89. The zero-order chi connectivity index (χ0) is 12.5. The molecule has 94 valence electrons. The SMILES string of the molecule is Cn1nnc(CC(=O)C2CCC(F)(F)CC2)n1. The van der Waals surface area contributed by atoms with Gasteiger partial charge in [-0.2, -0.15) is 4.80 Å². The van der Waals surface area contributed by atoms with E-state index in [9.17, 15) is 13.6 Å². The predicted octanol–water partition coefficient (Wildman–Crippen LogP) is 1.15. The van der Waals surface area contributed by atoms with E-state index in [1.807, 2.05) is 0 Å². The van der Waals surface area contributed by atoms with Crippen LogP contribution in [0.5, 0.6) is 0 Å². The molecule has 17 heavy (non-hydrogen) atoms. The van der Waals surface area contributed by atoms with Crippen LogP contribution in [0.3, 0.4) is 0 Å². The number of aryl methyl sites for hydroxylation is 1. The molecule has 1 heterocycles. The van der Waals surface area contributed by atoms with Gasteiger partial charge in [0.05, 0.1) is 13.5 Å². The molecule has 0 N–H and O–H groups in total. The highest BCUT2D eigenvalue weighted by Gasteiger charge is 2.37. The fourth-order valence-corrected chi connectivity index (χ4v) is 2.06. The van der Waals surface area contributed by atoms with Gasteiger partial charge in [-0.15, -0.1) is 10.2 Å². The van der Waals surface area contributed by atoms with Gasteiger partial charge in [0, 0.05) is 18.8 Å². The summed E-state index contributed by atoms with van der Waals surface area (Å²) in [6, 6.07) is 0. The Kier molecular flexibility index (Phi) is 3.17. The molecule has 7 heteroatoms. The van der Waals surface area contributed by atoms with Crippen molar-refractivity contribution in [2.75, 3.05) is 0 Å². The summed E-state index contributed by atoms with van der Waals surface area (Å²) in [5.41, 5.74) is 0. The molecule has 0 atom stereocenters. The number of nitrogens with zero attached hydrogens (tertiary/aromatic N) is 4. The zero-order valence-corrected chi connectivity index (χ0v) is 9.57. The lowest BCUT2D eigenvalue weighted by molar-refractivity contribution is -0.126. The normalized spacial score (nSPS) is 20.4. The smallest absolute Gasteiger partial charge is 0.248 e. The van der Waals surface area contributed by atoms with E-state index in [0.717, 1.165) is 0 Å². The first-order valence-corrected chi connectivity index (χ1v) is 5.60. The van der Waals surface area contributed by atoms with Crippen LogP contribution in [0.15, 0.2) is 0 Å². The number of tetrazole rings is 1. The molecule has 0 aliphatic heterocycles. The van der Waals surface area contributed by atoms with Crippen LogP contribution in [-0.2, 0) is 18.3 Å². The summed E-state index contributed by atoms with van der Waals surface area (Å²) in [4.78, 5) is 13.1. The topological polar surface area (TPSA) is 60.7 Å². The minimum Gasteiger partial charge on any atom is -0.299 e. The van der Waals surface area contributed by atoms with Crippen LogP contribution in [0.25, 0.3) is 0 Å². The Labute approximate surface area is 97.2 Å². The lowest BCUT2D eigenvalue weighted by Gasteiger charge is -2.26. The lowest BCUT2D eigenvalue weighted by Crippen LogP contribution is -2.29. The first-order chi connectivity index (χ1) is 7.96. The summed E-state index contributed by atoms with van der Waals surface area (Å²) in [5.74, 6) is -2.58. The Morgan fingerprint density at radius 3 is 2.65 bits per heavy atom. The largest absolute Gasteiger partial charge is 0.299 e. The van der Waals surface area contributed by atoms with Crippen molar-refractivity contribution in [3.8, 4) is 0 Å². The second-order valence-electron chi connectivity index (χ2n) is 4.47. The Hall–Kier alpha value is -1.40. The summed E-state index contributed by atoms with van der Waals surface area (Å²) >= 11 is 0. The molecule has 1 aromatic rings. The number of carbonyl (C=O) groups is 1. The molecule has 1 fully saturated rings. The third kappa shape index (κ3) is 3.04. The van der Waals surface area contributed by atoms with Crippen molar-refractivity contribution in [1.82, 2.24) is 20.2 Å². The molecule has 0 saturated heterocycles. The maximum atomic E-state index is 12.9. The van der Waals surface area contributed by atoms with Crippen molar-refractivity contribution in [1.29, 1.82) is 0 Å². The fraction of sp³-hybridized carbons (Fsp3) is 0.800. The Bertz CT molecular complexity index is 408. The maximum absolute atomic E-state index is 12.9. The molecular formula is C10H14F2N4O. The maximum Gasteiger partial charge on any atom is 0.248 e. The van der Waals surface area contributed by atoms with E-state index < -0.39 is 5.92 Å². The van der Waals surface area contributed by atoms with Crippen LogP contribution < -0.4 is 0 Å². The summed E-state index contributed by atoms with van der Waals surface area (Å²) < 4.78 is 25.8. The van der Waals surface area contributed by atoms with Crippen LogP contribution in [0, 0.1) is 5.92 Å². The predicted molar refractivity (Wildman–Crippen MR) is 54.4 cm³/mol. The highest BCUT2D eigenvalue weighted by Crippen LogP contribution is 2.36. The Morgan fingerprint density at radius 2 is 2.12 bits per heavy atom. The van der Waals surface area contributed by atoms with Gasteiger partial charge < -0.3 is 0 Å². The number of aromatic nitrogens is 4. The van der Waals surface area contributed by atoms with E-state index in [2.05, 4.69) is 15.4 Å². The van der Waals surface area contributed by atoms with Gasteiger partial charge in [-0.05, 0) is 18.1 Å². The molecule has 1 aliphatic carbocycles. The molecule has 1 aliphatic rings. The standard InChI is InChI=1S/C10H14F2N4O/c1-16-14-9(13-15-16)6-8(17)7-2-4-10(11,12)5-3-7/h7H,2-6H2,1H3. The molecule has 0 radical (unpaired) electrons. The minimum absolute atomic E-state index is 0.0616. The number of alkyl halides is 2. The van der Waals surface area contributed by atoms with Gasteiger partial charge in [0.15, 0.2) is 5.82 Å². The zero-order valence-electron chi connectivity index (χ0n) is 9.57. The number of ketones is 1. The first-order valence-electron chi connectivity index (χ1n) is 5.60. The monoisotopic (exact) mass is 244 g/mol. The summed E-state index contributed by atoms with van der Waals surface area (Å²) in [6.07, 6.45) is 0.205. The van der Waals surface area contributed by atoms with Crippen LogP contribution in [-0.4, -0.2) is 31.9 Å². The number of carbonyl (C=O) groups excluding carboxylic acids is 1. The van der Waals surface area contributed by atoms with Crippen molar-refractivity contribution in [2.24, 2.45) is 13.0 Å². The van der Waals surface area contributed by atoms with Crippen molar-refractivity contribution in [3.63, 3.8) is 0 Å². The van der Waals surface area contributed by atoms with E-state index in [1.54, 1.807) is 7.05 Å². The van der Waals surface area contributed by atoms with E-state index >= 15 is 0 Å². The quantitative estimate of drug-likeness (QED) is 0.800. The highest BCUT2D eigenvalue weighted by molar-refractivity contribution is 5.82. The molecule has 0 unspecified atom stereocenters. The molecule has 2 rings (SSSR count). The van der Waals surface area contributed by atoms with E-state index in [1.165, 1.54) is 4.80 Å². The average molecular weight is 244 g/mol. The second kappa shape index (κ2) is 4.46. The number of rotatable bonds is 3. The number of hydrogen-bond acceptors (Lipinski definition) is 4. The van der Waals surface area contributed by atoms with Gasteiger partial charge in [-0.3, -0.25) is 4.79 Å². The van der Waals surface area contributed by atoms with Crippen LogP contribution in [0.2, 0.25) is 0 Å². The molecular weight excluding hydrogens is 230 g/mol. The lowest BCUT2D eigenvalue weighted by atomic mass is 9.83.